The number of halogens is 1. The molecule has 7 heteroatoms. The normalized spacial score (nSPS) is 17.6. The van der Waals surface area contributed by atoms with Crippen LogP contribution in [0.5, 0.6) is 5.75 Å². The molecule has 0 aliphatic carbocycles. The van der Waals surface area contributed by atoms with Gasteiger partial charge < -0.3 is 14.7 Å². The van der Waals surface area contributed by atoms with E-state index in [2.05, 4.69) is 4.98 Å². The number of nitrogens with zero attached hydrogens (tertiary/aromatic N) is 2. The first-order chi connectivity index (χ1) is 15.4. The van der Waals surface area contributed by atoms with Gasteiger partial charge in [0.1, 0.15) is 17.3 Å². The Morgan fingerprint density at radius 2 is 1.88 bits per heavy atom. The fourth-order valence-corrected chi connectivity index (χ4v) is 3.78. The van der Waals surface area contributed by atoms with Gasteiger partial charge in [-0.15, -0.1) is 0 Å². The van der Waals surface area contributed by atoms with Gasteiger partial charge in [-0.05, 0) is 53.9 Å². The second-order valence-corrected chi connectivity index (χ2v) is 7.52. The number of amides is 1. The Balaban J connectivity index is 1.89. The lowest BCUT2D eigenvalue weighted by Crippen LogP contribution is -2.29. The van der Waals surface area contributed by atoms with Crippen LogP contribution in [0, 0.1) is 12.7 Å². The number of ketones is 1. The summed E-state index contributed by atoms with van der Waals surface area (Å²) in [5.41, 5.74) is 1.80. The molecule has 1 aromatic heterocycles. The van der Waals surface area contributed by atoms with Crippen molar-refractivity contribution in [2.24, 2.45) is 0 Å². The van der Waals surface area contributed by atoms with Crippen molar-refractivity contribution in [3.63, 3.8) is 0 Å². The van der Waals surface area contributed by atoms with E-state index in [9.17, 15) is 19.1 Å². The van der Waals surface area contributed by atoms with Crippen molar-refractivity contribution in [3.8, 4) is 5.75 Å². The molecule has 1 aliphatic heterocycles. The second kappa shape index (κ2) is 8.63. The smallest absolute Gasteiger partial charge is 0.295 e. The number of carbonyl (C=O) groups excluding carboxylic acids is 2. The van der Waals surface area contributed by atoms with Crippen LogP contribution in [0.2, 0.25) is 0 Å². The molecule has 0 saturated carbocycles. The van der Waals surface area contributed by atoms with E-state index in [0.29, 0.717) is 16.9 Å². The highest BCUT2D eigenvalue weighted by Crippen LogP contribution is 2.41. The summed E-state index contributed by atoms with van der Waals surface area (Å²) in [6.07, 6.45) is 3.20. The minimum atomic E-state index is -0.873. The topological polar surface area (TPSA) is 79.7 Å². The van der Waals surface area contributed by atoms with Crippen molar-refractivity contribution in [2.45, 2.75) is 19.5 Å². The Morgan fingerprint density at radius 1 is 1.12 bits per heavy atom. The molecule has 0 radical (unpaired) electrons. The molecule has 1 N–H and O–H groups in total. The maximum absolute atomic E-state index is 14.2. The van der Waals surface area contributed by atoms with Crippen LogP contribution in [0.1, 0.15) is 28.3 Å². The molecule has 1 atom stereocenters. The van der Waals surface area contributed by atoms with Gasteiger partial charge in [0.15, 0.2) is 0 Å². The number of rotatable bonds is 5. The lowest BCUT2D eigenvalue weighted by atomic mass is 9.94. The number of carbonyl (C=O) groups is 2. The van der Waals surface area contributed by atoms with Crippen molar-refractivity contribution >= 4 is 17.4 Å². The zero-order valence-corrected chi connectivity index (χ0v) is 17.6. The van der Waals surface area contributed by atoms with Crippen LogP contribution in [-0.2, 0) is 16.1 Å². The number of aliphatic hydroxyl groups excluding tert-OH is 1. The van der Waals surface area contributed by atoms with Gasteiger partial charge in [-0.2, -0.15) is 0 Å². The molecule has 2 heterocycles. The minimum Gasteiger partial charge on any atom is -0.507 e. The number of hydrogen-bond acceptors (Lipinski definition) is 5. The Kier molecular flexibility index (Phi) is 5.73. The van der Waals surface area contributed by atoms with Crippen molar-refractivity contribution in [1.29, 1.82) is 0 Å². The SMILES string of the molecule is COc1cccc([C@@H]2C(=C(O)c3ccc(C)c(F)c3)C(=O)C(=O)N2Cc2ccncc2)c1. The number of methoxy groups -OCH3 is 1. The summed E-state index contributed by atoms with van der Waals surface area (Å²) >= 11 is 0. The van der Waals surface area contributed by atoms with E-state index in [4.69, 9.17) is 4.74 Å². The molecule has 1 saturated heterocycles. The van der Waals surface area contributed by atoms with Crippen molar-refractivity contribution < 1.29 is 23.8 Å². The van der Waals surface area contributed by atoms with Crippen LogP contribution >= 0.6 is 0 Å². The van der Waals surface area contributed by atoms with Gasteiger partial charge in [-0.1, -0.05) is 24.3 Å². The number of aryl methyl sites for hydroxylation is 1. The summed E-state index contributed by atoms with van der Waals surface area (Å²) in [5, 5.41) is 11.0. The standard InChI is InChI=1S/C25H21FN2O4/c1-15-6-7-18(13-20(15)26)23(29)21-22(17-4-3-5-19(12-17)32-2)28(25(31)24(21)30)14-16-8-10-27-11-9-16/h3-13,22,29H,14H2,1-2H3/t22-/m1/s1. The first kappa shape index (κ1) is 21.2. The number of Topliss-reactive ketones (excluding diaryl/α,β-unsaturated/α-hetero) is 1. The van der Waals surface area contributed by atoms with Crippen LogP contribution < -0.4 is 4.74 Å². The van der Waals surface area contributed by atoms with Gasteiger partial charge in [0.2, 0.25) is 0 Å². The van der Waals surface area contributed by atoms with Gasteiger partial charge >= 0.3 is 0 Å². The van der Waals surface area contributed by atoms with Gasteiger partial charge in [0.25, 0.3) is 11.7 Å². The first-order valence-electron chi connectivity index (χ1n) is 9.98. The Bertz CT molecular complexity index is 1220. The highest BCUT2D eigenvalue weighted by atomic mass is 19.1. The summed E-state index contributed by atoms with van der Waals surface area (Å²) in [7, 11) is 1.52. The third kappa shape index (κ3) is 3.85. The van der Waals surface area contributed by atoms with E-state index in [1.165, 1.54) is 24.1 Å². The largest absolute Gasteiger partial charge is 0.507 e. The molecule has 6 nitrogen and oxygen atoms in total. The van der Waals surface area contributed by atoms with Gasteiger partial charge in [0, 0.05) is 24.5 Å². The zero-order valence-electron chi connectivity index (χ0n) is 17.6. The minimum absolute atomic E-state index is 0.0967. The highest BCUT2D eigenvalue weighted by molar-refractivity contribution is 6.46. The molecular weight excluding hydrogens is 411 g/mol. The molecule has 2 aromatic carbocycles. The fourth-order valence-electron chi connectivity index (χ4n) is 3.78. The zero-order chi connectivity index (χ0) is 22.8. The predicted octanol–water partition coefficient (Wildman–Crippen LogP) is 4.16. The van der Waals surface area contributed by atoms with Gasteiger partial charge in [0.05, 0.1) is 18.7 Å². The lowest BCUT2D eigenvalue weighted by Gasteiger charge is -2.25. The molecule has 0 spiro atoms. The maximum Gasteiger partial charge on any atom is 0.295 e. The number of benzene rings is 2. The average Bonchev–Trinajstić information content (AvgIpc) is 3.06. The Labute approximate surface area is 184 Å². The summed E-state index contributed by atoms with van der Waals surface area (Å²) in [6.45, 7) is 1.73. The summed E-state index contributed by atoms with van der Waals surface area (Å²) in [5.74, 6) is -1.97. The van der Waals surface area contributed by atoms with E-state index < -0.39 is 29.3 Å². The quantitative estimate of drug-likeness (QED) is 0.372. The summed E-state index contributed by atoms with van der Waals surface area (Å²) in [4.78, 5) is 31.5. The summed E-state index contributed by atoms with van der Waals surface area (Å²) < 4.78 is 19.5. The van der Waals surface area contributed by atoms with E-state index in [0.717, 1.165) is 11.6 Å². The second-order valence-electron chi connectivity index (χ2n) is 7.52. The first-order valence-corrected chi connectivity index (χ1v) is 9.98. The summed E-state index contributed by atoms with van der Waals surface area (Å²) in [6, 6.07) is 13.8. The number of ether oxygens (including phenoxy) is 1. The predicted molar refractivity (Wildman–Crippen MR) is 116 cm³/mol. The van der Waals surface area contributed by atoms with Crippen molar-refractivity contribution in [1.82, 2.24) is 9.88 Å². The molecule has 1 aliphatic rings. The highest BCUT2D eigenvalue weighted by Gasteiger charge is 2.46. The van der Waals surface area contributed by atoms with E-state index in [1.54, 1.807) is 55.7 Å². The fraction of sp³-hybridized carbons (Fsp3) is 0.160. The third-order valence-corrected chi connectivity index (χ3v) is 5.50. The van der Waals surface area contributed by atoms with E-state index >= 15 is 0 Å². The van der Waals surface area contributed by atoms with Gasteiger partial charge in [-0.25, -0.2) is 4.39 Å². The van der Waals surface area contributed by atoms with Gasteiger partial charge in [-0.3, -0.25) is 14.6 Å². The van der Waals surface area contributed by atoms with Crippen LogP contribution in [0.3, 0.4) is 0 Å². The number of aliphatic hydroxyl groups is 1. The third-order valence-electron chi connectivity index (χ3n) is 5.50. The molecule has 0 unspecified atom stereocenters. The molecule has 162 valence electrons. The molecule has 4 rings (SSSR count). The molecule has 1 amide bonds. The average molecular weight is 432 g/mol. The number of likely N-dealkylation sites (tertiary alicyclic amines) is 1. The van der Waals surface area contributed by atoms with Crippen LogP contribution in [0.15, 0.2) is 72.6 Å². The molecule has 32 heavy (non-hydrogen) atoms. The number of aromatic nitrogens is 1. The van der Waals surface area contributed by atoms with Crippen LogP contribution in [0.25, 0.3) is 5.76 Å². The number of hydrogen-bond donors (Lipinski definition) is 1. The van der Waals surface area contributed by atoms with E-state index in [1.807, 2.05) is 0 Å². The molecule has 3 aromatic rings. The Morgan fingerprint density at radius 3 is 2.56 bits per heavy atom. The van der Waals surface area contributed by atoms with E-state index in [-0.39, 0.29) is 17.7 Å². The van der Waals surface area contributed by atoms with Crippen molar-refractivity contribution in [2.75, 3.05) is 7.11 Å². The van der Waals surface area contributed by atoms with Crippen molar-refractivity contribution in [3.05, 3.63) is 101 Å². The monoisotopic (exact) mass is 432 g/mol. The lowest BCUT2D eigenvalue weighted by molar-refractivity contribution is -0.140. The number of pyridine rings is 1. The Hall–Kier alpha value is -4.00. The van der Waals surface area contributed by atoms with Crippen LogP contribution in [-0.4, -0.2) is 33.8 Å². The maximum atomic E-state index is 14.2. The molecule has 1 fully saturated rings. The molecule has 0 bridgehead atoms. The van der Waals surface area contributed by atoms with Crippen LogP contribution in [0.4, 0.5) is 4.39 Å². The molecular formula is C25H21FN2O4.